The Bertz CT molecular complexity index is 493. The quantitative estimate of drug-likeness (QED) is 0.654. The zero-order valence-corrected chi connectivity index (χ0v) is 9.92. The van der Waals surface area contributed by atoms with Crippen molar-refractivity contribution in [2.24, 2.45) is 0 Å². The molecule has 0 atom stereocenters. The van der Waals surface area contributed by atoms with Crippen LogP contribution >= 0.6 is 11.8 Å². The fourth-order valence-electron chi connectivity index (χ4n) is 2.06. The molecule has 0 aliphatic heterocycles. The SMILES string of the molecule is N#CSc1ccc(OCC(=O)O)c2c1CCC2. The van der Waals surface area contributed by atoms with Gasteiger partial charge in [-0.05, 0) is 54.3 Å². The van der Waals surface area contributed by atoms with Crippen molar-refractivity contribution in [1.82, 2.24) is 0 Å². The molecule has 1 aliphatic rings. The summed E-state index contributed by atoms with van der Waals surface area (Å²) in [5, 5.41) is 19.4. The van der Waals surface area contributed by atoms with Crippen molar-refractivity contribution in [3.63, 3.8) is 0 Å². The summed E-state index contributed by atoms with van der Waals surface area (Å²) in [6, 6.07) is 3.59. The lowest BCUT2D eigenvalue weighted by Crippen LogP contribution is -2.10. The molecule has 4 nitrogen and oxygen atoms in total. The minimum absolute atomic E-state index is 0.322. The van der Waals surface area contributed by atoms with Gasteiger partial charge in [-0.3, -0.25) is 0 Å². The molecule has 0 spiro atoms. The number of carboxylic acid groups (broad SMARTS) is 1. The Morgan fingerprint density at radius 3 is 2.94 bits per heavy atom. The number of thiocyanates is 1. The Kier molecular flexibility index (Phi) is 3.55. The highest BCUT2D eigenvalue weighted by molar-refractivity contribution is 8.03. The summed E-state index contributed by atoms with van der Waals surface area (Å²) < 4.78 is 5.25. The molecule has 1 N–H and O–H groups in total. The van der Waals surface area contributed by atoms with Crippen LogP contribution in [0.25, 0.3) is 0 Å². The lowest BCUT2D eigenvalue weighted by Gasteiger charge is -2.11. The summed E-state index contributed by atoms with van der Waals surface area (Å²) in [5.74, 6) is -0.339. The van der Waals surface area contributed by atoms with Crippen LogP contribution < -0.4 is 4.74 Å². The average molecular weight is 249 g/mol. The lowest BCUT2D eigenvalue weighted by molar-refractivity contribution is -0.139. The number of benzene rings is 1. The Balaban J connectivity index is 2.28. The van der Waals surface area contributed by atoms with Crippen LogP contribution in [0, 0.1) is 10.7 Å². The number of aliphatic carboxylic acids is 1. The minimum atomic E-state index is -0.979. The molecule has 0 saturated carbocycles. The molecule has 17 heavy (non-hydrogen) atoms. The Morgan fingerprint density at radius 2 is 2.24 bits per heavy atom. The Hall–Kier alpha value is -1.67. The maximum atomic E-state index is 10.5. The van der Waals surface area contributed by atoms with Gasteiger partial charge in [-0.2, -0.15) is 5.26 Å². The number of hydrogen-bond acceptors (Lipinski definition) is 4. The minimum Gasteiger partial charge on any atom is -0.482 e. The molecule has 0 bridgehead atoms. The first-order valence-corrected chi connectivity index (χ1v) is 6.09. The molecule has 5 heteroatoms. The van der Waals surface area contributed by atoms with Crippen molar-refractivity contribution in [3.8, 4) is 11.2 Å². The summed E-state index contributed by atoms with van der Waals surface area (Å²) in [4.78, 5) is 11.4. The predicted octanol–water partition coefficient (Wildman–Crippen LogP) is 2.21. The highest BCUT2D eigenvalue weighted by atomic mass is 32.2. The fourth-order valence-corrected chi connectivity index (χ4v) is 2.64. The van der Waals surface area contributed by atoms with E-state index in [1.807, 2.05) is 6.07 Å². The van der Waals surface area contributed by atoms with E-state index in [0.717, 1.165) is 47.0 Å². The summed E-state index contributed by atoms with van der Waals surface area (Å²) in [5.41, 5.74) is 2.20. The summed E-state index contributed by atoms with van der Waals surface area (Å²) >= 11 is 1.15. The van der Waals surface area contributed by atoms with Gasteiger partial charge in [-0.15, -0.1) is 0 Å². The number of thioether (sulfide) groups is 1. The predicted molar refractivity (Wildman–Crippen MR) is 63.1 cm³/mol. The van der Waals surface area contributed by atoms with Crippen LogP contribution in [-0.4, -0.2) is 17.7 Å². The molecule has 1 aromatic carbocycles. The van der Waals surface area contributed by atoms with Crippen molar-refractivity contribution >= 4 is 17.7 Å². The van der Waals surface area contributed by atoms with Crippen molar-refractivity contribution in [2.75, 3.05) is 6.61 Å². The van der Waals surface area contributed by atoms with E-state index in [9.17, 15) is 4.79 Å². The highest BCUT2D eigenvalue weighted by Gasteiger charge is 2.20. The van der Waals surface area contributed by atoms with E-state index in [4.69, 9.17) is 15.1 Å². The van der Waals surface area contributed by atoms with Crippen LogP contribution in [0.15, 0.2) is 17.0 Å². The van der Waals surface area contributed by atoms with E-state index in [1.54, 1.807) is 6.07 Å². The molecule has 0 heterocycles. The van der Waals surface area contributed by atoms with Gasteiger partial charge < -0.3 is 9.84 Å². The lowest BCUT2D eigenvalue weighted by atomic mass is 10.1. The standard InChI is InChI=1S/C12H11NO3S/c13-7-17-11-5-4-10(16-6-12(14)15)8-2-1-3-9(8)11/h4-5H,1-3,6H2,(H,14,15). The second-order valence-corrected chi connectivity index (χ2v) is 4.57. The van der Waals surface area contributed by atoms with Crippen molar-refractivity contribution < 1.29 is 14.6 Å². The van der Waals surface area contributed by atoms with E-state index < -0.39 is 5.97 Å². The van der Waals surface area contributed by atoms with Crippen LogP contribution in [0.5, 0.6) is 5.75 Å². The monoisotopic (exact) mass is 249 g/mol. The first-order chi connectivity index (χ1) is 8.22. The third-order valence-electron chi connectivity index (χ3n) is 2.71. The molecule has 0 amide bonds. The highest BCUT2D eigenvalue weighted by Crippen LogP contribution is 2.37. The van der Waals surface area contributed by atoms with Gasteiger partial charge in [0, 0.05) is 4.90 Å². The van der Waals surface area contributed by atoms with Crippen LogP contribution in [0.3, 0.4) is 0 Å². The third kappa shape index (κ3) is 2.53. The molecule has 0 fully saturated rings. The van der Waals surface area contributed by atoms with Gasteiger partial charge in [0.25, 0.3) is 0 Å². The second kappa shape index (κ2) is 5.11. The largest absolute Gasteiger partial charge is 0.482 e. The average Bonchev–Trinajstić information content (AvgIpc) is 2.77. The van der Waals surface area contributed by atoms with E-state index in [2.05, 4.69) is 5.40 Å². The molecule has 0 radical (unpaired) electrons. The molecule has 0 unspecified atom stereocenters. The zero-order valence-electron chi connectivity index (χ0n) is 9.10. The number of nitriles is 1. The van der Waals surface area contributed by atoms with Crippen molar-refractivity contribution in [1.29, 1.82) is 5.26 Å². The first-order valence-electron chi connectivity index (χ1n) is 5.27. The van der Waals surface area contributed by atoms with E-state index in [0.29, 0.717) is 5.75 Å². The number of rotatable bonds is 4. The van der Waals surface area contributed by atoms with Crippen LogP contribution in [0.2, 0.25) is 0 Å². The smallest absolute Gasteiger partial charge is 0.341 e. The molecule has 1 aliphatic carbocycles. The number of carboxylic acids is 1. The maximum Gasteiger partial charge on any atom is 0.341 e. The molecular formula is C12H11NO3S. The van der Waals surface area contributed by atoms with Crippen LogP contribution in [0.4, 0.5) is 0 Å². The fraction of sp³-hybridized carbons (Fsp3) is 0.333. The van der Waals surface area contributed by atoms with E-state index in [-0.39, 0.29) is 6.61 Å². The first kappa shape index (κ1) is 11.8. The number of fused-ring (bicyclic) bond motifs is 1. The third-order valence-corrected chi connectivity index (χ3v) is 3.40. The van der Waals surface area contributed by atoms with Gasteiger partial charge in [0.15, 0.2) is 6.61 Å². The van der Waals surface area contributed by atoms with Gasteiger partial charge in [0.05, 0.1) is 0 Å². The molecule has 2 rings (SSSR count). The normalized spacial score (nSPS) is 12.9. The second-order valence-electron chi connectivity index (χ2n) is 3.75. The molecule has 1 aromatic rings. The van der Waals surface area contributed by atoms with Gasteiger partial charge in [0.1, 0.15) is 11.2 Å². The number of ether oxygens (including phenoxy) is 1. The Labute approximate surface area is 103 Å². The van der Waals surface area contributed by atoms with E-state index in [1.165, 1.54) is 0 Å². The number of carbonyl (C=O) groups is 1. The van der Waals surface area contributed by atoms with Crippen molar-refractivity contribution in [3.05, 3.63) is 23.3 Å². The van der Waals surface area contributed by atoms with Gasteiger partial charge in [-0.1, -0.05) is 0 Å². The van der Waals surface area contributed by atoms with E-state index >= 15 is 0 Å². The van der Waals surface area contributed by atoms with Gasteiger partial charge in [-0.25, -0.2) is 4.79 Å². The van der Waals surface area contributed by atoms with Gasteiger partial charge in [0.2, 0.25) is 0 Å². The summed E-state index contributed by atoms with van der Waals surface area (Å²) in [7, 11) is 0. The van der Waals surface area contributed by atoms with Gasteiger partial charge >= 0.3 is 5.97 Å². The molecule has 0 aromatic heterocycles. The molecular weight excluding hydrogens is 238 g/mol. The number of nitrogens with zero attached hydrogens (tertiary/aromatic N) is 1. The van der Waals surface area contributed by atoms with Crippen LogP contribution in [-0.2, 0) is 17.6 Å². The summed E-state index contributed by atoms with van der Waals surface area (Å²) in [6.45, 7) is -0.322. The Morgan fingerprint density at radius 1 is 1.47 bits per heavy atom. The van der Waals surface area contributed by atoms with Crippen LogP contribution in [0.1, 0.15) is 17.5 Å². The number of hydrogen-bond donors (Lipinski definition) is 1. The topological polar surface area (TPSA) is 70.3 Å². The molecule has 0 saturated heterocycles. The zero-order chi connectivity index (χ0) is 12.3. The molecule has 88 valence electrons. The van der Waals surface area contributed by atoms with Crippen molar-refractivity contribution in [2.45, 2.75) is 24.2 Å². The maximum absolute atomic E-state index is 10.5. The summed E-state index contributed by atoms with van der Waals surface area (Å²) in [6.07, 6.45) is 2.86.